The Labute approximate surface area is 145 Å². The largest absolute Gasteiger partial charge is 0.444 e. The van der Waals surface area contributed by atoms with E-state index in [0.717, 1.165) is 34.7 Å². The summed E-state index contributed by atoms with van der Waals surface area (Å²) in [4.78, 5) is 16.1. The first-order valence-corrected chi connectivity index (χ1v) is 8.56. The van der Waals surface area contributed by atoms with Crippen LogP contribution in [0.4, 0.5) is 4.79 Å². The van der Waals surface area contributed by atoms with Gasteiger partial charge in [-0.25, -0.2) is 4.79 Å². The number of ether oxygens (including phenoxy) is 1. The Balaban J connectivity index is 1.86. The molecule has 1 saturated heterocycles. The Kier molecular flexibility index (Phi) is 5.75. The van der Waals surface area contributed by atoms with Crippen LogP contribution in [-0.4, -0.2) is 47.7 Å². The lowest BCUT2D eigenvalue weighted by atomic mass is 10.2. The number of nitrogens with zero attached hydrogens (tertiary/aromatic N) is 2. The number of carbonyl (C=O) groups excluding carboxylic acids is 1. The van der Waals surface area contributed by atoms with Crippen molar-refractivity contribution in [3.05, 3.63) is 33.3 Å². The van der Waals surface area contributed by atoms with Gasteiger partial charge in [0.2, 0.25) is 0 Å². The van der Waals surface area contributed by atoms with Gasteiger partial charge in [-0.15, -0.1) is 0 Å². The number of halogens is 2. The van der Waals surface area contributed by atoms with Crippen LogP contribution in [0.25, 0.3) is 0 Å². The van der Waals surface area contributed by atoms with Crippen LogP contribution in [0.5, 0.6) is 0 Å². The molecule has 0 N–H and O–H groups in total. The van der Waals surface area contributed by atoms with Crippen LogP contribution in [0.2, 0.25) is 5.02 Å². The van der Waals surface area contributed by atoms with Crippen LogP contribution < -0.4 is 0 Å². The molecule has 122 valence electrons. The average Bonchev–Trinajstić information content (AvgIpc) is 2.41. The quantitative estimate of drug-likeness (QED) is 0.761. The second kappa shape index (κ2) is 7.20. The molecule has 1 aliphatic rings. The minimum absolute atomic E-state index is 0.228. The fraction of sp³-hybridized carbons (Fsp3) is 0.562. The Morgan fingerprint density at radius 1 is 1.27 bits per heavy atom. The molecular formula is C16H22BrClN2O2. The maximum Gasteiger partial charge on any atom is 0.410 e. The van der Waals surface area contributed by atoms with Crippen molar-refractivity contribution < 1.29 is 9.53 Å². The molecule has 1 aromatic rings. The first-order valence-electron chi connectivity index (χ1n) is 7.39. The highest BCUT2D eigenvalue weighted by Crippen LogP contribution is 2.23. The highest BCUT2D eigenvalue weighted by molar-refractivity contribution is 9.10. The van der Waals surface area contributed by atoms with E-state index in [4.69, 9.17) is 16.3 Å². The van der Waals surface area contributed by atoms with Crippen molar-refractivity contribution in [1.29, 1.82) is 0 Å². The Hall–Kier alpha value is -0.780. The zero-order chi connectivity index (χ0) is 16.3. The molecule has 0 radical (unpaired) electrons. The number of amides is 1. The van der Waals surface area contributed by atoms with Gasteiger partial charge in [0.15, 0.2) is 0 Å². The van der Waals surface area contributed by atoms with Crippen molar-refractivity contribution in [2.75, 3.05) is 26.2 Å². The molecule has 6 heteroatoms. The summed E-state index contributed by atoms with van der Waals surface area (Å²) in [6.07, 6.45) is -0.228. The summed E-state index contributed by atoms with van der Waals surface area (Å²) in [5.41, 5.74) is 0.662. The summed E-state index contributed by atoms with van der Waals surface area (Å²) < 4.78 is 6.39. The molecular weight excluding hydrogens is 368 g/mol. The molecule has 1 aliphatic heterocycles. The van der Waals surface area contributed by atoms with Gasteiger partial charge in [-0.1, -0.05) is 33.6 Å². The van der Waals surface area contributed by atoms with Crippen molar-refractivity contribution in [3.8, 4) is 0 Å². The SMILES string of the molecule is CC(C)(C)OC(=O)N1CCN(Cc2ccc(Br)cc2Cl)CC1. The Morgan fingerprint density at radius 3 is 2.45 bits per heavy atom. The van der Waals surface area contributed by atoms with Gasteiger partial charge in [-0.3, -0.25) is 4.90 Å². The zero-order valence-corrected chi connectivity index (χ0v) is 15.6. The summed E-state index contributed by atoms with van der Waals surface area (Å²) in [5.74, 6) is 0. The number of carbonyl (C=O) groups is 1. The van der Waals surface area contributed by atoms with E-state index < -0.39 is 5.60 Å². The molecule has 1 heterocycles. The molecule has 0 saturated carbocycles. The number of benzene rings is 1. The normalized spacial score (nSPS) is 16.7. The van der Waals surface area contributed by atoms with E-state index in [9.17, 15) is 4.79 Å². The molecule has 0 unspecified atom stereocenters. The van der Waals surface area contributed by atoms with Crippen LogP contribution in [-0.2, 0) is 11.3 Å². The lowest BCUT2D eigenvalue weighted by molar-refractivity contribution is 0.0139. The fourth-order valence-electron chi connectivity index (χ4n) is 2.31. The molecule has 1 fully saturated rings. The number of piperazine rings is 1. The fourth-order valence-corrected chi connectivity index (χ4v) is 3.04. The molecule has 1 amide bonds. The van der Waals surface area contributed by atoms with Crippen LogP contribution in [0, 0.1) is 0 Å². The summed E-state index contributed by atoms with van der Waals surface area (Å²) in [6.45, 7) is 9.47. The van der Waals surface area contributed by atoms with E-state index in [2.05, 4.69) is 20.8 Å². The van der Waals surface area contributed by atoms with Crippen LogP contribution in [0.3, 0.4) is 0 Å². The lowest BCUT2D eigenvalue weighted by Gasteiger charge is -2.35. The van der Waals surface area contributed by atoms with Crippen molar-refractivity contribution in [3.63, 3.8) is 0 Å². The molecule has 0 bridgehead atoms. The molecule has 22 heavy (non-hydrogen) atoms. The second-order valence-corrected chi connectivity index (χ2v) is 7.80. The highest BCUT2D eigenvalue weighted by atomic mass is 79.9. The van der Waals surface area contributed by atoms with Crippen molar-refractivity contribution in [2.24, 2.45) is 0 Å². The van der Waals surface area contributed by atoms with Crippen LogP contribution in [0.1, 0.15) is 26.3 Å². The summed E-state index contributed by atoms with van der Waals surface area (Å²) in [7, 11) is 0. The third-order valence-electron chi connectivity index (χ3n) is 3.43. The van der Waals surface area contributed by atoms with E-state index in [1.165, 1.54) is 0 Å². The van der Waals surface area contributed by atoms with E-state index in [1.807, 2.05) is 39.0 Å². The smallest absolute Gasteiger partial charge is 0.410 e. The van der Waals surface area contributed by atoms with Crippen molar-refractivity contribution >= 4 is 33.6 Å². The standard InChI is InChI=1S/C16H22BrClN2O2/c1-16(2,3)22-15(21)20-8-6-19(7-9-20)11-12-4-5-13(17)10-14(12)18/h4-5,10H,6-9,11H2,1-3H3. The van der Waals surface area contributed by atoms with Gasteiger partial charge >= 0.3 is 6.09 Å². The van der Waals surface area contributed by atoms with Gasteiger partial charge in [0.25, 0.3) is 0 Å². The molecule has 0 aromatic heterocycles. The number of hydrogen-bond acceptors (Lipinski definition) is 3. The van der Waals surface area contributed by atoms with E-state index in [1.54, 1.807) is 4.90 Å². The molecule has 1 aromatic carbocycles. The first kappa shape index (κ1) is 17.6. The van der Waals surface area contributed by atoms with Gasteiger partial charge in [-0.2, -0.15) is 0 Å². The predicted octanol–water partition coefficient (Wildman–Crippen LogP) is 4.16. The maximum atomic E-state index is 12.0. The number of hydrogen-bond donors (Lipinski definition) is 0. The molecule has 2 rings (SSSR count). The Bertz CT molecular complexity index is 537. The van der Waals surface area contributed by atoms with Crippen molar-refractivity contribution in [2.45, 2.75) is 32.9 Å². The monoisotopic (exact) mass is 388 g/mol. The van der Waals surface area contributed by atoms with E-state index in [0.29, 0.717) is 13.1 Å². The minimum atomic E-state index is -0.445. The van der Waals surface area contributed by atoms with Crippen molar-refractivity contribution in [1.82, 2.24) is 9.80 Å². The van der Waals surface area contributed by atoms with Crippen LogP contribution >= 0.6 is 27.5 Å². The highest BCUT2D eigenvalue weighted by Gasteiger charge is 2.25. The van der Waals surface area contributed by atoms with Gasteiger partial charge < -0.3 is 9.64 Å². The lowest BCUT2D eigenvalue weighted by Crippen LogP contribution is -2.49. The summed E-state index contributed by atoms with van der Waals surface area (Å²) >= 11 is 9.67. The molecule has 0 spiro atoms. The summed E-state index contributed by atoms with van der Waals surface area (Å²) in [5, 5.41) is 0.768. The van der Waals surface area contributed by atoms with Gasteiger partial charge in [0.05, 0.1) is 0 Å². The van der Waals surface area contributed by atoms with Crippen LogP contribution in [0.15, 0.2) is 22.7 Å². The predicted molar refractivity (Wildman–Crippen MR) is 92.2 cm³/mol. The minimum Gasteiger partial charge on any atom is -0.444 e. The molecule has 4 nitrogen and oxygen atoms in total. The second-order valence-electron chi connectivity index (χ2n) is 6.48. The zero-order valence-electron chi connectivity index (χ0n) is 13.2. The van der Waals surface area contributed by atoms with Gasteiger partial charge in [0, 0.05) is 42.2 Å². The molecule has 0 aliphatic carbocycles. The maximum absolute atomic E-state index is 12.0. The topological polar surface area (TPSA) is 32.8 Å². The van der Waals surface area contributed by atoms with Gasteiger partial charge in [-0.05, 0) is 38.5 Å². The summed E-state index contributed by atoms with van der Waals surface area (Å²) in [6, 6.07) is 5.94. The van der Waals surface area contributed by atoms with Gasteiger partial charge in [0.1, 0.15) is 5.60 Å². The first-order chi connectivity index (χ1) is 10.2. The Morgan fingerprint density at radius 2 is 1.91 bits per heavy atom. The number of rotatable bonds is 2. The third-order valence-corrected chi connectivity index (χ3v) is 4.28. The van der Waals surface area contributed by atoms with E-state index >= 15 is 0 Å². The van der Waals surface area contributed by atoms with E-state index in [-0.39, 0.29) is 6.09 Å². The molecule has 0 atom stereocenters. The third kappa shape index (κ3) is 5.14. The average molecular weight is 390 g/mol.